The van der Waals surface area contributed by atoms with Crippen molar-refractivity contribution in [3.05, 3.63) is 0 Å². The van der Waals surface area contributed by atoms with Crippen LogP contribution in [0.5, 0.6) is 0 Å². The molecule has 0 spiro atoms. The molecule has 1 rings (SSSR count). The minimum atomic E-state index is 0.796. The van der Waals surface area contributed by atoms with Crippen LogP contribution in [0.15, 0.2) is 0 Å². The van der Waals surface area contributed by atoms with E-state index in [0.717, 1.165) is 31.6 Å². The number of thioether (sulfide) groups is 1. The van der Waals surface area contributed by atoms with Crippen LogP contribution < -0.4 is 5.32 Å². The highest BCUT2D eigenvalue weighted by Crippen LogP contribution is 2.13. The summed E-state index contributed by atoms with van der Waals surface area (Å²) in [6.45, 7) is 6.59. The second-order valence-corrected chi connectivity index (χ2v) is 5.19. The molecule has 84 valence electrons. The van der Waals surface area contributed by atoms with Crippen LogP contribution in [0.1, 0.15) is 19.8 Å². The quantitative estimate of drug-likeness (QED) is 0.735. The van der Waals surface area contributed by atoms with Gasteiger partial charge in [-0.05, 0) is 49.8 Å². The Hall–Kier alpha value is 0.270. The predicted octanol–water partition coefficient (Wildman–Crippen LogP) is 2.00. The number of nitrogens with one attached hydrogen (secondary N) is 1. The lowest BCUT2D eigenvalue weighted by Crippen LogP contribution is -2.31. The van der Waals surface area contributed by atoms with E-state index in [-0.39, 0.29) is 0 Å². The van der Waals surface area contributed by atoms with Gasteiger partial charge in [0.2, 0.25) is 0 Å². The molecule has 0 saturated carbocycles. The van der Waals surface area contributed by atoms with Gasteiger partial charge in [0, 0.05) is 13.2 Å². The molecule has 2 nitrogen and oxygen atoms in total. The number of ether oxygens (including phenoxy) is 1. The number of rotatable bonds is 6. The van der Waals surface area contributed by atoms with Crippen molar-refractivity contribution in [2.75, 3.05) is 38.3 Å². The molecule has 0 aromatic carbocycles. The van der Waals surface area contributed by atoms with Crippen LogP contribution in [0.25, 0.3) is 0 Å². The van der Waals surface area contributed by atoms with Gasteiger partial charge >= 0.3 is 0 Å². The van der Waals surface area contributed by atoms with Gasteiger partial charge in [-0.1, -0.05) is 6.92 Å². The van der Waals surface area contributed by atoms with E-state index in [2.05, 4.69) is 18.5 Å². The van der Waals surface area contributed by atoms with Gasteiger partial charge in [0.15, 0.2) is 0 Å². The molecule has 1 saturated heterocycles. The monoisotopic (exact) mass is 217 g/mol. The Labute approximate surface area is 92.2 Å². The van der Waals surface area contributed by atoms with Crippen molar-refractivity contribution in [1.29, 1.82) is 0 Å². The first kappa shape index (κ1) is 12.3. The van der Waals surface area contributed by atoms with Gasteiger partial charge in [-0.2, -0.15) is 11.8 Å². The van der Waals surface area contributed by atoms with Crippen molar-refractivity contribution in [2.45, 2.75) is 19.8 Å². The maximum absolute atomic E-state index is 5.33. The molecule has 14 heavy (non-hydrogen) atoms. The summed E-state index contributed by atoms with van der Waals surface area (Å²) in [6.07, 6.45) is 4.66. The Morgan fingerprint density at radius 1 is 1.43 bits per heavy atom. The standard InChI is InChI=1S/C11H23NOS/c1-10(9-14-2)7-12-8-11-3-5-13-6-4-11/h10-12H,3-9H2,1-2H3. The fourth-order valence-corrected chi connectivity index (χ4v) is 2.51. The number of hydrogen-bond donors (Lipinski definition) is 1. The highest BCUT2D eigenvalue weighted by molar-refractivity contribution is 7.98. The summed E-state index contributed by atoms with van der Waals surface area (Å²) in [5.41, 5.74) is 0. The lowest BCUT2D eigenvalue weighted by molar-refractivity contribution is 0.0662. The van der Waals surface area contributed by atoms with Crippen molar-refractivity contribution in [1.82, 2.24) is 5.32 Å². The zero-order valence-electron chi connectivity index (χ0n) is 9.42. The van der Waals surface area contributed by atoms with Gasteiger partial charge < -0.3 is 10.1 Å². The molecular weight excluding hydrogens is 194 g/mol. The van der Waals surface area contributed by atoms with Crippen LogP contribution in [0.4, 0.5) is 0 Å². The lowest BCUT2D eigenvalue weighted by atomic mass is 10.0. The summed E-state index contributed by atoms with van der Waals surface area (Å²) >= 11 is 1.94. The lowest BCUT2D eigenvalue weighted by Gasteiger charge is -2.23. The molecule has 1 fully saturated rings. The number of hydrogen-bond acceptors (Lipinski definition) is 3. The van der Waals surface area contributed by atoms with Crippen molar-refractivity contribution in [3.8, 4) is 0 Å². The summed E-state index contributed by atoms with van der Waals surface area (Å²) in [5.74, 6) is 2.91. The van der Waals surface area contributed by atoms with Crippen LogP contribution in [0, 0.1) is 11.8 Å². The first-order chi connectivity index (χ1) is 6.83. The fraction of sp³-hybridized carbons (Fsp3) is 1.00. The van der Waals surface area contributed by atoms with Crippen LogP contribution >= 0.6 is 11.8 Å². The Bertz CT molecular complexity index is 137. The van der Waals surface area contributed by atoms with E-state index in [4.69, 9.17) is 4.74 Å². The Morgan fingerprint density at radius 3 is 2.79 bits per heavy atom. The molecule has 0 aromatic heterocycles. The van der Waals surface area contributed by atoms with E-state index in [0.29, 0.717) is 0 Å². The van der Waals surface area contributed by atoms with Gasteiger partial charge in [-0.15, -0.1) is 0 Å². The van der Waals surface area contributed by atoms with Crippen molar-refractivity contribution < 1.29 is 4.74 Å². The minimum absolute atomic E-state index is 0.796. The molecular formula is C11H23NOS. The molecule has 0 bridgehead atoms. The van der Waals surface area contributed by atoms with Crippen LogP contribution in [-0.4, -0.2) is 38.3 Å². The fourth-order valence-electron chi connectivity index (χ4n) is 1.83. The van der Waals surface area contributed by atoms with E-state index < -0.39 is 0 Å². The maximum atomic E-state index is 5.33. The van der Waals surface area contributed by atoms with Crippen molar-refractivity contribution in [3.63, 3.8) is 0 Å². The first-order valence-electron chi connectivity index (χ1n) is 5.60. The van der Waals surface area contributed by atoms with E-state index in [1.165, 1.54) is 25.1 Å². The third-order valence-corrected chi connectivity index (χ3v) is 3.62. The zero-order chi connectivity index (χ0) is 10.2. The normalized spacial score (nSPS) is 21.0. The highest BCUT2D eigenvalue weighted by atomic mass is 32.2. The second kappa shape index (κ2) is 7.55. The van der Waals surface area contributed by atoms with Crippen LogP contribution in [0.3, 0.4) is 0 Å². The molecule has 1 heterocycles. The van der Waals surface area contributed by atoms with Gasteiger partial charge in [0.1, 0.15) is 0 Å². The summed E-state index contributed by atoms with van der Waals surface area (Å²) in [7, 11) is 0. The molecule has 0 radical (unpaired) electrons. The molecule has 1 aliphatic rings. The molecule has 1 aliphatic heterocycles. The van der Waals surface area contributed by atoms with Gasteiger partial charge in [-0.25, -0.2) is 0 Å². The zero-order valence-corrected chi connectivity index (χ0v) is 10.2. The first-order valence-corrected chi connectivity index (χ1v) is 6.99. The smallest absolute Gasteiger partial charge is 0.0469 e. The van der Waals surface area contributed by atoms with Gasteiger partial charge in [-0.3, -0.25) is 0 Å². The summed E-state index contributed by atoms with van der Waals surface area (Å²) in [5, 5.41) is 3.57. The third kappa shape index (κ3) is 5.23. The minimum Gasteiger partial charge on any atom is -0.381 e. The Balaban J connectivity index is 1.96. The summed E-state index contributed by atoms with van der Waals surface area (Å²) < 4.78 is 5.33. The molecule has 0 amide bonds. The average Bonchev–Trinajstić information content (AvgIpc) is 2.20. The molecule has 0 aromatic rings. The molecule has 1 N–H and O–H groups in total. The van der Waals surface area contributed by atoms with E-state index >= 15 is 0 Å². The topological polar surface area (TPSA) is 21.3 Å². The SMILES string of the molecule is CSCC(C)CNCC1CCOCC1. The second-order valence-electron chi connectivity index (χ2n) is 4.27. The Kier molecular flexibility index (Phi) is 6.65. The summed E-state index contributed by atoms with van der Waals surface area (Å²) in [6, 6.07) is 0. The highest BCUT2D eigenvalue weighted by Gasteiger charge is 2.13. The van der Waals surface area contributed by atoms with Crippen LogP contribution in [-0.2, 0) is 4.74 Å². The molecule has 1 unspecified atom stereocenters. The molecule has 3 heteroatoms. The predicted molar refractivity (Wildman–Crippen MR) is 64.0 cm³/mol. The van der Waals surface area contributed by atoms with Crippen molar-refractivity contribution >= 4 is 11.8 Å². The average molecular weight is 217 g/mol. The third-order valence-electron chi connectivity index (χ3n) is 2.72. The molecule has 0 aliphatic carbocycles. The largest absolute Gasteiger partial charge is 0.381 e. The van der Waals surface area contributed by atoms with Gasteiger partial charge in [0.25, 0.3) is 0 Å². The van der Waals surface area contributed by atoms with Crippen molar-refractivity contribution in [2.24, 2.45) is 11.8 Å². The maximum Gasteiger partial charge on any atom is 0.0469 e. The molecule has 1 atom stereocenters. The van der Waals surface area contributed by atoms with E-state index in [1.807, 2.05) is 11.8 Å². The summed E-state index contributed by atoms with van der Waals surface area (Å²) in [4.78, 5) is 0. The van der Waals surface area contributed by atoms with E-state index in [1.54, 1.807) is 0 Å². The van der Waals surface area contributed by atoms with Gasteiger partial charge in [0.05, 0.1) is 0 Å². The van der Waals surface area contributed by atoms with E-state index in [9.17, 15) is 0 Å². The Morgan fingerprint density at radius 2 is 2.14 bits per heavy atom. The van der Waals surface area contributed by atoms with Crippen LogP contribution in [0.2, 0.25) is 0 Å².